The van der Waals surface area contributed by atoms with Crippen LogP contribution in [0.3, 0.4) is 0 Å². The van der Waals surface area contributed by atoms with Crippen LogP contribution in [0.15, 0.2) is 54.6 Å². The number of hydrogen-bond donors (Lipinski definition) is 2. The lowest BCUT2D eigenvalue weighted by Gasteiger charge is -2.32. The molecule has 0 atom stereocenters. The smallest absolute Gasteiger partial charge is 0.315 e. The Hall–Kier alpha value is -2.86. The highest BCUT2D eigenvalue weighted by Gasteiger charge is 2.23. The van der Waals surface area contributed by atoms with E-state index in [9.17, 15) is 9.59 Å². The van der Waals surface area contributed by atoms with Crippen LogP contribution >= 0.6 is 0 Å². The highest BCUT2D eigenvalue weighted by Crippen LogP contribution is 2.18. The van der Waals surface area contributed by atoms with Gasteiger partial charge in [0, 0.05) is 38.8 Å². The Kier molecular flexibility index (Phi) is 6.64. The van der Waals surface area contributed by atoms with Crippen molar-refractivity contribution in [1.29, 1.82) is 0 Å². The lowest BCUT2D eigenvalue weighted by Crippen LogP contribution is -2.50. The quantitative estimate of drug-likeness (QED) is 0.802. The first-order chi connectivity index (χ1) is 14.7. The van der Waals surface area contributed by atoms with E-state index < -0.39 is 0 Å². The van der Waals surface area contributed by atoms with Gasteiger partial charge in [-0.2, -0.15) is 0 Å². The molecule has 0 aromatic heterocycles. The SMILES string of the molecule is O=C(NCC(=O)N1CCc2ccccc2C1)NC1CCN(Cc2ccccc2)CC1. The zero-order chi connectivity index (χ0) is 20.8. The monoisotopic (exact) mass is 406 g/mol. The summed E-state index contributed by atoms with van der Waals surface area (Å²) in [6, 6.07) is 18.6. The van der Waals surface area contributed by atoms with Crippen LogP contribution in [0.1, 0.15) is 29.5 Å². The first kappa shape index (κ1) is 20.4. The molecule has 6 nitrogen and oxygen atoms in total. The molecule has 2 aliphatic heterocycles. The van der Waals surface area contributed by atoms with Gasteiger partial charge in [0.2, 0.25) is 5.91 Å². The maximum atomic E-state index is 12.5. The topological polar surface area (TPSA) is 64.7 Å². The fourth-order valence-electron chi connectivity index (χ4n) is 4.29. The van der Waals surface area contributed by atoms with Gasteiger partial charge in [0.25, 0.3) is 0 Å². The highest BCUT2D eigenvalue weighted by atomic mass is 16.2. The number of benzene rings is 2. The summed E-state index contributed by atoms with van der Waals surface area (Å²) < 4.78 is 0. The van der Waals surface area contributed by atoms with E-state index in [1.165, 1.54) is 16.7 Å². The number of amides is 3. The van der Waals surface area contributed by atoms with Crippen LogP contribution in [0.4, 0.5) is 4.79 Å². The molecule has 30 heavy (non-hydrogen) atoms. The van der Waals surface area contributed by atoms with Crippen LogP contribution in [0.2, 0.25) is 0 Å². The molecule has 2 aromatic carbocycles. The number of likely N-dealkylation sites (tertiary alicyclic amines) is 1. The number of nitrogens with zero attached hydrogens (tertiary/aromatic N) is 2. The lowest BCUT2D eigenvalue weighted by molar-refractivity contribution is -0.131. The zero-order valence-electron chi connectivity index (χ0n) is 17.3. The maximum absolute atomic E-state index is 12.5. The van der Waals surface area contributed by atoms with Crippen LogP contribution in [0.25, 0.3) is 0 Å². The minimum Gasteiger partial charge on any atom is -0.336 e. The van der Waals surface area contributed by atoms with Gasteiger partial charge in [-0.25, -0.2) is 4.79 Å². The predicted octanol–water partition coefficient (Wildman–Crippen LogP) is 2.54. The van der Waals surface area contributed by atoms with Crippen LogP contribution < -0.4 is 10.6 Å². The highest BCUT2D eigenvalue weighted by molar-refractivity contribution is 5.84. The van der Waals surface area contributed by atoms with Crippen LogP contribution in [-0.4, -0.2) is 54.0 Å². The fraction of sp³-hybridized carbons (Fsp3) is 0.417. The Balaban J connectivity index is 1.16. The first-order valence-corrected chi connectivity index (χ1v) is 10.8. The van der Waals surface area contributed by atoms with E-state index in [1.54, 1.807) is 0 Å². The Bertz CT molecular complexity index is 863. The van der Waals surface area contributed by atoms with Crippen molar-refractivity contribution < 1.29 is 9.59 Å². The van der Waals surface area contributed by atoms with Gasteiger partial charge in [0.15, 0.2) is 0 Å². The van der Waals surface area contributed by atoms with E-state index in [0.29, 0.717) is 13.1 Å². The number of rotatable bonds is 5. The molecule has 3 amide bonds. The molecule has 1 saturated heterocycles. The Morgan fingerprint density at radius 3 is 2.37 bits per heavy atom. The molecule has 0 aliphatic carbocycles. The summed E-state index contributed by atoms with van der Waals surface area (Å²) in [4.78, 5) is 29.0. The molecule has 0 saturated carbocycles. The molecule has 2 aromatic rings. The summed E-state index contributed by atoms with van der Waals surface area (Å²) >= 11 is 0. The molecule has 0 spiro atoms. The van der Waals surface area contributed by atoms with Gasteiger partial charge in [-0.05, 0) is 36.0 Å². The Morgan fingerprint density at radius 2 is 1.60 bits per heavy atom. The van der Waals surface area contributed by atoms with Crippen molar-refractivity contribution >= 4 is 11.9 Å². The van der Waals surface area contributed by atoms with Gasteiger partial charge in [-0.1, -0.05) is 54.6 Å². The van der Waals surface area contributed by atoms with Gasteiger partial charge in [0.05, 0.1) is 6.54 Å². The number of urea groups is 1. The van der Waals surface area contributed by atoms with Crippen molar-refractivity contribution in [3.05, 3.63) is 71.3 Å². The summed E-state index contributed by atoms with van der Waals surface area (Å²) in [5.41, 5.74) is 3.83. The molecular weight excluding hydrogens is 376 g/mol. The van der Waals surface area contributed by atoms with E-state index in [2.05, 4.69) is 51.9 Å². The second-order valence-electron chi connectivity index (χ2n) is 8.20. The normalized spacial score (nSPS) is 17.3. The summed E-state index contributed by atoms with van der Waals surface area (Å²) in [5.74, 6) is -0.0302. The number of hydrogen-bond acceptors (Lipinski definition) is 3. The van der Waals surface area contributed by atoms with E-state index in [0.717, 1.165) is 38.9 Å². The average molecular weight is 407 g/mol. The van der Waals surface area contributed by atoms with Gasteiger partial charge in [0.1, 0.15) is 0 Å². The van der Waals surface area contributed by atoms with E-state index in [-0.39, 0.29) is 24.5 Å². The minimum absolute atomic E-state index is 0.0302. The molecule has 1 fully saturated rings. The molecule has 6 heteroatoms. The number of carbonyl (C=O) groups excluding carboxylic acids is 2. The molecule has 2 N–H and O–H groups in total. The van der Waals surface area contributed by atoms with Gasteiger partial charge in [-0.3, -0.25) is 9.69 Å². The van der Waals surface area contributed by atoms with E-state index in [1.807, 2.05) is 23.1 Å². The standard InChI is InChI=1S/C24H30N4O2/c29-23(28-15-10-20-8-4-5-9-21(20)18-28)16-25-24(30)26-22-11-13-27(14-12-22)17-19-6-2-1-3-7-19/h1-9,22H,10-18H2,(H2,25,26,30). The molecule has 0 radical (unpaired) electrons. The van der Waals surface area contributed by atoms with Gasteiger partial charge < -0.3 is 15.5 Å². The summed E-state index contributed by atoms with van der Waals surface area (Å²) in [6.45, 7) is 4.25. The number of carbonyl (C=O) groups is 2. The van der Waals surface area contributed by atoms with Crippen LogP contribution in [0.5, 0.6) is 0 Å². The average Bonchev–Trinajstić information content (AvgIpc) is 2.79. The summed E-state index contributed by atoms with van der Waals surface area (Å²) in [7, 11) is 0. The molecular formula is C24H30N4O2. The third-order valence-electron chi connectivity index (χ3n) is 6.06. The Labute approximate surface area is 178 Å². The third-order valence-corrected chi connectivity index (χ3v) is 6.06. The van der Waals surface area contributed by atoms with Crippen LogP contribution in [-0.2, 0) is 24.3 Å². The predicted molar refractivity (Wildman–Crippen MR) is 117 cm³/mol. The van der Waals surface area contributed by atoms with Crippen molar-refractivity contribution in [2.75, 3.05) is 26.2 Å². The molecule has 2 heterocycles. The Morgan fingerprint density at radius 1 is 0.900 bits per heavy atom. The van der Waals surface area contributed by atoms with Crippen molar-refractivity contribution in [2.24, 2.45) is 0 Å². The lowest BCUT2D eigenvalue weighted by atomic mass is 10.00. The molecule has 4 rings (SSSR count). The minimum atomic E-state index is -0.248. The summed E-state index contributed by atoms with van der Waals surface area (Å²) in [5, 5.41) is 5.78. The third kappa shape index (κ3) is 5.39. The number of nitrogens with one attached hydrogen (secondary N) is 2. The second kappa shape index (κ2) is 9.76. The fourth-order valence-corrected chi connectivity index (χ4v) is 4.29. The van der Waals surface area contributed by atoms with Crippen molar-refractivity contribution in [3.63, 3.8) is 0 Å². The van der Waals surface area contributed by atoms with Gasteiger partial charge in [-0.15, -0.1) is 0 Å². The van der Waals surface area contributed by atoms with Crippen molar-refractivity contribution in [2.45, 2.75) is 38.4 Å². The zero-order valence-corrected chi connectivity index (χ0v) is 17.3. The first-order valence-electron chi connectivity index (χ1n) is 10.8. The molecule has 0 bridgehead atoms. The number of fused-ring (bicyclic) bond motifs is 1. The summed E-state index contributed by atoms with van der Waals surface area (Å²) in [6.07, 6.45) is 2.73. The number of piperidine rings is 1. The van der Waals surface area contributed by atoms with Crippen LogP contribution in [0, 0.1) is 0 Å². The second-order valence-corrected chi connectivity index (χ2v) is 8.20. The van der Waals surface area contributed by atoms with E-state index in [4.69, 9.17) is 0 Å². The largest absolute Gasteiger partial charge is 0.336 e. The van der Waals surface area contributed by atoms with Crippen molar-refractivity contribution in [1.82, 2.24) is 20.4 Å². The molecule has 158 valence electrons. The van der Waals surface area contributed by atoms with Gasteiger partial charge >= 0.3 is 6.03 Å². The van der Waals surface area contributed by atoms with Crippen molar-refractivity contribution in [3.8, 4) is 0 Å². The maximum Gasteiger partial charge on any atom is 0.315 e. The molecule has 2 aliphatic rings. The molecule has 0 unspecified atom stereocenters. The van der Waals surface area contributed by atoms with E-state index >= 15 is 0 Å².